The molecule has 2 rings (SSSR count). The van der Waals surface area contributed by atoms with Gasteiger partial charge in [-0.2, -0.15) is 4.39 Å². The maximum Gasteiger partial charge on any atom is 0.343 e. The van der Waals surface area contributed by atoms with Gasteiger partial charge in [0.2, 0.25) is 11.6 Å². The van der Waals surface area contributed by atoms with Crippen molar-refractivity contribution in [3.05, 3.63) is 59.4 Å². The van der Waals surface area contributed by atoms with Gasteiger partial charge in [0, 0.05) is 6.07 Å². The van der Waals surface area contributed by atoms with Crippen molar-refractivity contribution in [1.82, 2.24) is 0 Å². The summed E-state index contributed by atoms with van der Waals surface area (Å²) in [5, 5.41) is 0. The predicted octanol–water partition coefficient (Wildman–Crippen LogP) is 3.33. The summed E-state index contributed by atoms with van der Waals surface area (Å²) >= 11 is 0. The molecule has 0 radical (unpaired) electrons. The molecule has 0 fully saturated rings. The van der Waals surface area contributed by atoms with Crippen LogP contribution in [0.1, 0.15) is 10.4 Å². The van der Waals surface area contributed by atoms with Crippen LogP contribution in [0.15, 0.2) is 36.4 Å². The Kier molecular flexibility index (Phi) is 3.93. The number of hydrogen-bond donors (Lipinski definition) is 0. The first-order chi connectivity index (χ1) is 9.54. The van der Waals surface area contributed by atoms with Crippen LogP contribution in [0.2, 0.25) is 0 Å². The highest BCUT2D eigenvalue weighted by atomic mass is 19.2. The van der Waals surface area contributed by atoms with Gasteiger partial charge in [-0.1, -0.05) is 18.2 Å². The van der Waals surface area contributed by atoms with E-state index < -0.39 is 34.9 Å². The van der Waals surface area contributed by atoms with E-state index in [0.717, 1.165) is 7.11 Å². The van der Waals surface area contributed by atoms with Gasteiger partial charge in [0.15, 0.2) is 17.4 Å². The minimum absolute atomic E-state index is 0.180. The van der Waals surface area contributed by atoms with E-state index in [9.17, 15) is 18.0 Å². The first-order valence-electron chi connectivity index (χ1n) is 5.53. The molecular weight excluding hydrogens is 273 g/mol. The van der Waals surface area contributed by atoms with E-state index in [2.05, 4.69) is 4.74 Å². The molecule has 0 unspecified atom stereocenters. The molecule has 20 heavy (non-hydrogen) atoms. The molecule has 0 N–H and O–H groups in total. The van der Waals surface area contributed by atoms with Gasteiger partial charge in [0.05, 0.1) is 12.7 Å². The molecule has 2 aromatic carbocycles. The molecule has 104 valence electrons. The first-order valence-corrected chi connectivity index (χ1v) is 5.53. The summed E-state index contributed by atoms with van der Waals surface area (Å²) in [5.41, 5.74) is 0.180. The van der Waals surface area contributed by atoms with Crippen LogP contribution in [-0.2, 0) is 0 Å². The fraction of sp³-hybridized carbons (Fsp3) is 0.0714. The first kappa shape index (κ1) is 13.9. The van der Waals surface area contributed by atoms with Crippen molar-refractivity contribution >= 4 is 5.97 Å². The number of carbonyl (C=O) groups excluding carboxylic acids is 1. The highest BCUT2D eigenvalue weighted by Gasteiger charge is 2.22. The molecule has 0 aliphatic heterocycles. The molecule has 0 saturated heterocycles. The average Bonchev–Trinajstić information content (AvgIpc) is 2.46. The number of methoxy groups -OCH3 is 1. The number of benzene rings is 2. The quantitative estimate of drug-likeness (QED) is 0.492. The monoisotopic (exact) mass is 282 g/mol. The Labute approximate surface area is 112 Å². The maximum atomic E-state index is 13.4. The number of esters is 1. The number of rotatable bonds is 3. The van der Waals surface area contributed by atoms with Gasteiger partial charge < -0.3 is 9.47 Å². The van der Waals surface area contributed by atoms with Crippen molar-refractivity contribution in [2.75, 3.05) is 7.11 Å². The summed E-state index contributed by atoms with van der Waals surface area (Å²) in [6.45, 7) is 0. The average molecular weight is 282 g/mol. The van der Waals surface area contributed by atoms with Crippen LogP contribution >= 0.6 is 0 Å². The minimum Gasteiger partial charge on any atom is -0.490 e. The molecule has 2 aromatic rings. The molecule has 0 heterocycles. The molecule has 0 atom stereocenters. The number of carbonyl (C=O) groups is 1. The largest absolute Gasteiger partial charge is 0.490 e. The van der Waals surface area contributed by atoms with E-state index in [0.29, 0.717) is 6.07 Å². The van der Waals surface area contributed by atoms with Crippen molar-refractivity contribution in [2.45, 2.75) is 0 Å². The van der Waals surface area contributed by atoms with Gasteiger partial charge in [0.25, 0.3) is 0 Å². The number of ether oxygens (including phenoxy) is 2. The predicted molar refractivity (Wildman–Crippen MR) is 64.3 cm³/mol. The van der Waals surface area contributed by atoms with Crippen molar-refractivity contribution < 1.29 is 27.4 Å². The van der Waals surface area contributed by atoms with Crippen molar-refractivity contribution in [3.8, 4) is 11.5 Å². The summed E-state index contributed by atoms with van der Waals surface area (Å²) in [5.74, 6) is -6.76. The second-order valence-electron chi connectivity index (χ2n) is 3.77. The highest BCUT2D eigenvalue weighted by molar-refractivity contribution is 5.91. The standard InChI is InChI=1S/C14H9F3O3/c1-19-13-10(7-9(15)11(16)12(13)17)20-14(18)8-5-3-2-4-6-8/h2-7H,1H3. The van der Waals surface area contributed by atoms with Crippen LogP contribution in [0.25, 0.3) is 0 Å². The van der Waals surface area contributed by atoms with Crippen LogP contribution in [0, 0.1) is 17.5 Å². The zero-order valence-electron chi connectivity index (χ0n) is 10.3. The Bertz CT molecular complexity index is 642. The summed E-state index contributed by atoms with van der Waals surface area (Å²) < 4.78 is 49.1. The zero-order chi connectivity index (χ0) is 14.7. The van der Waals surface area contributed by atoms with E-state index >= 15 is 0 Å². The molecule has 0 aliphatic rings. The fourth-order valence-corrected chi connectivity index (χ4v) is 1.56. The lowest BCUT2D eigenvalue weighted by atomic mass is 10.2. The van der Waals surface area contributed by atoms with Gasteiger partial charge in [-0.25, -0.2) is 13.6 Å². The van der Waals surface area contributed by atoms with Gasteiger partial charge in [-0.3, -0.25) is 0 Å². The molecule has 0 spiro atoms. The lowest BCUT2D eigenvalue weighted by Crippen LogP contribution is -2.10. The Balaban J connectivity index is 2.37. The molecule has 6 heteroatoms. The molecule has 0 bridgehead atoms. The Hall–Kier alpha value is -2.50. The van der Waals surface area contributed by atoms with Crippen molar-refractivity contribution in [2.24, 2.45) is 0 Å². The smallest absolute Gasteiger partial charge is 0.343 e. The summed E-state index contributed by atoms with van der Waals surface area (Å²) in [4.78, 5) is 11.8. The lowest BCUT2D eigenvalue weighted by molar-refractivity contribution is 0.0727. The maximum absolute atomic E-state index is 13.4. The number of hydrogen-bond acceptors (Lipinski definition) is 3. The third-order valence-electron chi connectivity index (χ3n) is 2.50. The summed E-state index contributed by atoms with van der Waals surface area (Å²) in [6, 6.07) is 8.36. The van der Waals surface area contributed by atoms with Crippen molar-refractivity contribution in [3.63, 3.8) is 0 Å². The number of halogens is 3. The van der Waals surface area contributed by atoms with Crippen LogP contribution < -0.4 is 9.47 Å². The van der Waals surface area contributed by atoms with Gasteiger partial charge in [-0.05, 0) is 12.1 Å². The summed E-state index contributed by atoms with van der Waals surface area (Å²) in [7, 11) is 1.05. The van der Waals surface area contributed by atoms with Crippen LogP contribution in [0.5, 0.6) is 11.5 Å². The van der Waals surface area contributed by atoms with E-state index in [1.165, 1.54) is 12.1 Å². The third kappa shape index (κ3) is 2.59. The van der Waals surface area contributed by atoms with Gasteiger partial charge in [-0.15, -0.1) is 0 Å². The Morgan fingerprint density at radius 1 is 1.05 bits per heavy atom. The normalized spacial score (nSPS) is 10.2. The van der Waals surface area contributed by atoms with E-state index in [1.54, 1.807) is 18.2 Å². The van der Waals surface area contributed by atoms with Gasteiger partial charge in [0.1, 0.15) is 0 Å². The minimum atomic E-state index is -1.69. The van der Waals surface area contributed by atoms with Crippen LogP contribution in [0.4, 0.5) is 13.2 Å². The lowest BCUT2D eigenvalue weighted by Gasteiger charge is -2.10. The Morgan fingerprint density at radius 3 is 2.30 bits per heavy atom. The van der Waals surface area contributed by atoms with Crippen molar-refractivity contribution in [1.29, 1.82) is 0 Å². The second-order valence-corrected chi connectivity index (χ2v) is 3.77. The highest BCUT2D eigenvalue weighted by Crippen LogP contribution is 2.33. The Morgan fingerprint density at radius 2 is 1.70 bits per heavy atom. The molecule has 3 nitrogen and oxygen atoms in total. The summed E-state index contributed by atoms with van der Waals surface area (Å²) in [6.07, 6.45) is 0. The fourth-order valence-electron chi connectivity index (χ4n) is 1.56. The van der Waals surface area contributed by atoms with E-state index in [-0.39, 0.29) is 5.56 Å². The molecule has 0 aliphatic carbocycles. The molecule has 0 amide bonds. The van der Waals surface area contributed by atoms with E-state index in [4.69, 9.17) is 4.74 Å². The molecular formula is C14H9F3O3. The second kappa shape index (κ2) is 5.64. The third-order valence-corrected chi connectivity index (χ3v) is 2.50. The van der Waals surface area contributed by atoms with Gasteiger partial charge >= 0.3 is 5.97 Å². The van der Waals surface area contributed by atoms with E-state index in [1.807, 2.05) is 0 Å². The molecule has 0 aromatic heterocycles. The van der Waals surface area contributed by atoms with Crippen LogP contribution in [-0.4, -0.2) is 13.1 Å². The zero-order valence-corrected chi connectivity index (χ0v) is 10.3. The van der Waals surface area contributed by atoms with Crippen LogP contribution in [0.3, 0.4) is 0 Å². The molecule has 0 saturated carbocycles. The SMILES string of the molecule is COc1c(OC(=O)c2ccccc2)cc(F)c(F)c1F. The topological polar surface area (TPSA) is 35.5 Å².